The number of imidazole rings is 1. The van der Waals surface area contributed by atoms with Crippen LogP contribution in [0.15, 0.2) is 23.2 Å². The van der Waals surface area contributed by atoms with E-state index in [0.717, 1.165) is 36.7 Å². The standard InChI is InChI=1S/C25H33N6O2/c1-16-9-10-20(15-17(16)2)30-18(3)19(4)31-21-22(26-24(30)31)27(5)25(33)29(23(21)32)14-13-28-11-7-6-8-12-28/h9-10,15,21H,6-8,11-14H2,1-5H3/q+1. The van der Waals surface area contributed by atoms with Crippen LogP contribution in [0.1, 0.15) is 47.8 Å². The number of aliphatic imine (C=N–C) groups is 1. The van der Waals surface area contributed by atoms with Crippen LogP contribution in [0.5, 0.6) is 0 Å². The molecule has 2 fully saturated rings. The minimum atomic E-state index is -0.601. The van der Waals surface area contributed by atoms with Crippen LogP contribution in [-0.4, -0.2) is 70.3 Å². The lowest BCUT2D eigenvalue weighted by atomic mass is 10.1. The molecular weight excluding hydrogens is 416 g/mol. The van der Waals surface area contributed by atoms with E-state index in [0.29, 0.717) is 18.3 Å². The van der Waals surface area contributed by atoms with Crippen molar-refractivity contribution in [2.24, 2.45) is 4.99 Å². The molecular formula is C25H33N6O2+. The third-order valence-electron chi connectivity index (χ3n) is 7.55. The van der Waals surface area contributed by atoms with E-state index < -0.39 is 6.04 Å². The van der Waals surface area contributed by atoms with Gasteiger partial charge in [0.2, 0.25) is 11.9 Å². The summed E-state index contributed by atoms with van der Waals surface area (Å²) in [5.74, 6) is 1.02. The third-order valence-corrected chi connectivity index (χ3v) is 7.55. The Morgan fingerprint density at radius 3 is 2.42 bits per heavy atom. The van der Waals surface area contributed by atoms with Crippen molar-refractivity contribution in [3.05, 3.63) is 40.7 Å². The number of amides is 3. The Bertz CT molecular complexity index is 1170. The summed E-state index contributed by atoms with van der Waals surface area (Å²) in [7, 11) is 1.73. The van der Waals surface area contributed by atoms with E-state index in [4.69, 9.17) is 4.99 Å². The highest BCUT2D eigenvalue weighted by Crippen LogP contribution is 2.33. The number of fused-ring (bicyclic) bond motifs is 3. The highest BCUT2D eigenvalue weighted by Gasteiger charge is 2.54. The van der Waals surface area contributed by atoms with Gasteiger partial charge in [0.15, 0.2) is 0 Å². The second-order valence-electron chi connectivity index (χ2n) is 9.55. The van der Waals surface area contributed by atoms with Crippen molar-refractivity contribution < 1.29 is 14.2 Å². The Kier molecular flexibility index (Phi) is 5.35. The number of hydrogen-bond acceptors (Lipinski definition) is 4. The molecule has 33 heavy (non-hydrogen) atoms. The van der Waals surface area contributed by atoms with Gasteiger partial charge in [0.25, 0.3) is 5.91 Å². The second-order valence-corrected chi connectivity index (χ2v) is 9.55. The number of aromatic nitrogens is 2. The molecule has 3 aliphatic heterocycles. The van der Waals surface area contributed by atoms with Crippen LogP contribution in [0.2, 0.25) is 0 Å². The number of aryl methyl sites for hydroxylation is 2. The van der Waals surface area contributed by atoms with Gasteiger partial charge in [0, 0.05) is 20.1 Å². The molecule has 1 aromatic heterocycles. The highest BCUT2D eigenvalue weighted by molar-refractivity contribution is 6.19. The molecule has 0 bridgehead atoms. The second kappa shape index (κ2) is 8.09. The Morgan fingerprint density at radius 2 is 1.73 bits per heavy atom. The van der Waals surface area contributed by atoms with Gasteiger partial charge in [0.05, 0.1) is 0 Å². The van der Waals surface area contributed by atoms with Crippen molar-refractivity contribution in [3.63, 3.8) is 0 Å². The lowest BCUT2D eigenvalue weighted by molar-refractivity contribution is -0.682. The molecule has 1 unspecified atom stereocenters. The van der Waals surface area contributed by atoms with E-state index >= 15 is 0 Å². The fourth-order valence-electron chi connectivity index (χ4n) is 5.24. The molecule has 0 spiro atoms. The Hall–Kier alpha value is -3.00. The molecule has 0 N–H and O–H groups in total. The number of rotatable bonds is 4. The van der Waals surface area contributed by atoms with Crippen LogP contribution in [0.25, 0.3) is 5.69 Å². The zero-order valence-electron chi connectivity index (χ0n) is 20.3. The van der Waals surface area contributed by atoms with Gasteiger partial charge >= 0.3 is 12.0 Å². The van der Waals surface area contributed by atoms with E-state index in [1.165, 1.54) is 35.3 Å². The molecule has 5 rings (SSSR count). The molecule has 8 heteroatoms. The predicted octanol–water partition coefficient (Wildman–Crippen LogP) is 2.96. The quantitative estimate of drug-likeness (QED) is 0.674. The van der Waals surface area contributed by atoms with Gasteiger partial charge in [0.1, 0.15) is 17.1 Å². The molecule has 8 nitrogen and oxygen atoms in total. The van der Waals surface area contributed by atoms with Crippen LogP contribution >= 0.6 is 0 Å². The zero-order valence-corrected chi connectivity index (χ0v) is 20.3. The van der Waals surface area contributed by atoms with Gasteiger partial charge in [-0.25, -0.2) is 9.36 Å². The molecule has 0 radical (unpaired) electrons. The number of amidine groups is 1. The van der Waals surface area contributed by atoms with Crippen molar-refractivity contribution in [1.29, 1.82) is 0 Å². The first kappa shape index (κ1) is 21.8. The molecule has 174 valence electrons. The van der Waals surface area contributed by atoms with E-state index in [1.54, 1.807) is 11.9 Å². The van der Waals surface area contributed by atoms with E-state index in [2.05, 4.69) is 48.4 Å². The summed E-state index contributed by atoms with van der Waals surface area (Å²) in [6.45, 7) is 11.5. The first-order valence-corrected chi connectivity index (χ1v) is 11.9. The van der Waals surface area contributed by atoms with Crippen LogP contribution in [0, 0.1) is 27.7 Å². The Labute approximate surface area is 195 Å². The molecule has 3 aliphatic rings. The van der Waals surface area contributed by atoms with Crippen molar-refractivity contribution in [3.8, 4) is 5.69 Å². The number of likely N-dealkylation sites (N-methyl/N-ethyl adjacent to an activating group) is 1. The van der Waals surface area contributed by atoms with Gasteiger partial charge in [-0.3, -0.25) is 14.6 Å². The highest BCUT2D eigenvalue weighted by atomic mass is 16.2. The maximum atomic E-state index is 13.7. The van der Waals surface area contributed by atoms with Gasteiger partial charge in [-0.2, -0.15) is 4.57 Å². The van der Waals surface area contributed by atoms with Crippen molar-refractivity contribution in [2.75, 3.05) is 33.2 Å². The predicted molar refractivity (Wildman–Crippen MR) is 126 cm³/mol. The van der Waals surface area contributed by atoms with Crippen molar-refractivity contribution in [2.45, 2.75) is 53.0 Å². The van der Waals surface area contributed by atoms with Gasteiger partial charge in [-0.15, -0.1) is 0 Å². The monoisotopic (exact) mass is 449 g/mol. The maximum Gasteiger partial charge on any atom is 0.407 e. The molecule has 1 aromatic carbocycles. The van der Waals surface area contributed by atoms with Crippen molar-refractivity contribution >= 4 is 23.7 Å². The number of piperidine rings is 1. The average molecular weight is 450 g/mol. The summed E-state index contributed by atoms with van der Waals surface area (Å²) in [6.07, 6.45) is 3.63. The normalized spacial score (nSPS) is 20.9. The minimum Gasteiger partial charge on any atom is -0.302 e. The summed E-state index contributed by atoms with van der Waals surface area (Å²) in [5.41, 5.74) is 5.47. The Balaban J connectivity index is 1.51. The number of hydrogen-bond donors (Lipinski definition) is 0. The number of nitrogens with zero attached hydrogens (tertiary/aromatic N) is 6. The zero-order chi connectivity index (χ0) is 23.4. The van der Waals surface area contributed by atoms with E-state index in [1.807, 2.05) is 11.5 Å². The number of imide groups is 1. The summed E-state index contributed by atoms with van der Waals surface area (Å²) in [5, 5.41) is 0. The van der Waals surface area contributed by atoms with Gasteiger partial charge in [-0.05, 0) is 76.9 Å². The SMILES string of the molecule is Cc1ccc(-n2c(C)c(C)[n+]3c2N=C2C3C(=O)N(CCN3CCCCC3)C(=O)N2C)cc1C. The van der Waals surface area contributed by atoms with Crippen LogP contribution in [0.4, 0.5) is 10.7 Å². The van der Waals surface area contributed by atoms with E-state index in [9.17, 15) is 9.59 Å². The lowest BCUT2D eigenvalue weighted by Crippen LogP contribution is -2.64. The van der Waals surface area contributed by atoms with Gasteiger partial charge < -0.3 is 4.90 Å². The molecule has 3 amide bonds. The fraction of sp³-hybridized carbons (Fsp3) is 0.520. The number of likely N-dealkylation sites (tertiary alicyclic amines) is 1. The topological polar surface area (TPSA) is 65.0 Å². The molecule has 0 saturated carbocycles. The summed E-state index contributed by atoms with van der Waals surface area (Å²) < 4.78 is 4.09. The number of benzene rings is 1. The summed E-state index contributed by atoms with van der Waals surface area (Å²) in [6, 6.07) is 5.45. The van der Waals surface area contributed by atoms with Crippen LogP contribution < -0.4 is 4.57 Å². The molecule has 2 aromatic rings. The lowest BCUT2D eigenvalue weighted by Gasteiger charge is -2.35. The molecule has 4 heterocycles. The first-order valence-electron chi connectivity index (χ1n) is 11.9. The smallest absolute Gasteiger partial charge is 0.302 e. The third kappa shape index (κ3) is 3.39. The average Bonchev–Trinajstić information content (AvgIpc) is 3.30. The van der Waals surface area contributed by atoms with E-state index in [-0.39, 0.29) is 11.9 Å². The molecule has 1 atom stereocenters. The minimum absolute atomic E-state index is 0.182. The molecule has 2 saturated heterocycles. The van der Waals surface area contributed by atoms with Crippen LogP contribution in [-0.2, 0) is 4.79 Å². The van der Waals surface area contributed by atoms with Gasteiger partial charge in [-0.1, -0.05) is 17.5 Å². The fourth-order valence-corrected chi connectivity index (χ4v) is 5.24. The largest absolute Gasteiger partial charge is 0.407 e. The maximum absolute atomic E-state index is 13.7. The number of urea groups is 1. The Morgan fingerprint density at radius 1 is 1.00 bits per heavy atom. The summed E-state index contributed by atoms with van der Waals surface area (Å²) >= 11 is 0. The van der Waals surface area contributed by atoms with Crippen LogP contribution in [0.3, 0.4) is 0 Å². The van der Waals surface area contributed by atoms with Crippen molar-refractivity contribution in [1.82, 2.24) is 19.3 Å². The summed E-state index contributed by atoms with van der Waals surface area (Å²) in [4.78, 5) is 36.9. The number of carbonyl (C=O) groups is 2. The number of carbonyl (C=O) groups excluding carboxylic acids is 2. The molecule has 0 aliphatic carbocycles. The first-order chi connectivity index (χ1) is 15.8.